The Hall–Kier alpha value is -1.30. The SMILES string of the molecule is COC(=O)CCS(=O)c1cc(F)ccc1F. The zero-order valence-electron chi connectivity index (χ0n) is 8.54. The number of hydrogen-bond donors (Lipinski definition) is 0. The third kappa shape index (κ3) is 3.37. The maximum Gasteiger partial charge on any atom is 0.306 e. The van der Waals surface area contributed by atoms with Crippen LogP contribution in [-0.4, -0.2) is 23.0 Å². The van der Waals surface area contributed by atoms with Crippen LogP contribution in [0.2, 0.25) is 0 Å². The normalized spacial score (nSPS) is 12.2. The van der Waals surface area contributed by atoms with Crippen LogP contribution in [0.4, 0.5) is 8.78 Å². The maximum absolute atomic E-state index is 13.2. The van der Waals surface area contributed by atoms with E-state index in [4.69, 9.17) is 0 Å². The molecule has 0 amide bonds. The monoisotopic (exact) mass is 248 g/mol. The van der Waals surface area contributed by atoms with Gasteiger partial charge in [-0.15, -0.1) is 0 Å². The lowest BCUT2D eigenvalue weighted by Gasteiger charge is -2.03. The van der Waals surface area contributed by atoms with Gasteiger partial charge in [-0.3, -0.25) is 9.00 Å². The molecule has 0 fully saturated rings. The minimum absolute atomic E-state index is 0.0902. The standard InChI is InChI=1S/C10H10F2O3S/c1-15-10(13)4-5-16(14)9-6-7(11)2-3-8(9)12/h2-3,6H,4-5H2,1H3. The van der Waals surface area contributed by atoms with Gasteiger partial charge in [0.1, 0.15) is 11.6 Å². The zero-order valence-corrected chi connectivity index (χ0v) is 9.35. The Morgan fingerprint density at radius 2 is 2.12 bits per heavy atom. The van der Waals surface area contributed by atoms with E-state index in [1.165, 1.54) is 7.11 Å². The van der Waals surface area contributed by atoms with Gasteiger partial charge < -0.3 is 4.74 Å². The van der Waals surface area contributed by atoms with Crippen molar-refractivity contribution < 1.29 is 22.5 Å². The van der Waals surface area contributed by atoms with E-state index in [2.05, 4.69) is 4.74 Å². The number of ether oxygens (including phenoxy) is 1. The summed E-state index contributed by atoms with van der Waals surface area (Å²) < 4.78 is 41.8. The second-order valence-corrected chi connectivity index (χ2v) is 4.49. The summed E-state index contributed by atoms with van der Waals surface area (Å²) in [4.78, 5) is 10.5. The zero-order chi connectivity index (χ0) is 12.1. The van der Waals surface area contributed by atoms with Gasteiger partial charge in [-0.25, -0.2) is 8.78 Å². The van der Waals surface area contributed by atoms with Crippen LogP contribution in [0.1, 0.15) is 6.42 Å². The molecule has 0 aliphatic carbocycles. The van der Waals surface area contributed by atoms with E-state index in [0.29, 0.717) is 0 Å². The number of esters is 1. The average molecular weight is 248 g/mol. The Kier molecular flexibility index (Phi) is 4.54. The van der Waals surface area contributed by atoms with Crippen molar-refractivity contribution in [1.29, 1.82) is 0 Å². The second kappa shape index (κ2) is 5.69. The first-order valence-electron chi connectivity index (χ1n) is 4.45. The summed E-state index contributed by atoms with van der Waals surface area (Å²) in [5.74, 6) is -2.04. The van der Waals surface area contributed by atoms with Gasteiger partial charge in [0.25, 0.3) is 0 Å². The Balaban J connectivity index is 2.73. The van der Waals surface area contributed by atoms with Crippen LogP contribution in [0, 0.1) is 11.6 Å². The number of carbonyl (C=O) groups excluding carboxylic acids is 1. The Morgan fingerprint density at radius 1 is 1.44 bits per heavy atom. The van der Waals surface area contributed by atoms with E-state index >= 15 is 0 Å². The number of hydrogen-bond acceptors (Lipinski definition) is 3. The van der Waals surface area contributed by atoms with E-state index in [9.17, 15) is 17.8 Å². The molecule has 0 heterocycles. The van der Waals surface area contributed by atoms with Gasteiger partial charge in [-0.1, -0.05) is 0 Å². The first-order valence-corrected chi connectivity index (χ1v) is 5.76. The van der Waals surface area contributed by atoms with Gasteiger partial charge in [0.05, 0.1) is 29.2 Å². The Bertz CT molecular complexity index is 421. The highest BCUT2D eigenvalue weighted by molar-refractivity contribution is 7.85. The van der Waals surface area contributed by atoms with Gasteiger partial charge in [0.15, 0.2) is 0 Å². The van der Waals surface area contributed by atoms with Crippen molar-refractivity contribution >= 4 is 16.8 Å². The summed E-state index contributed by atoms with van der Waals surface area (Å²) in [5, 5.41) is 0. The van der Waals surface area contributed by atoms with Gasteiger partial charge >= 0.3 is 5.97 Å². The van der Waals surface area contributed by atoms with Crippen molar-refractivity contribution in [1.82, 2.24) is 0 Å². The molecule has 3 nitrogen and oxygen atoms in total. The number of rotatable bonds is 4. The molecule has 0 aliphatic heterocycles. The highest BCUT2D eigenvalue weighted by Crippen LogP contribution is 2.14. The molecule has 0 bridgehead atoms. The molecule has 0 aromatic heterocycles. The van der Waals surface area contributed by atoms with Crippen LogP contribution in [0.15, 0.2) is 23.1 Å². The molecule has 0 radical (unpaired) electrons. The third-order valence-corrected chi connectivity index (χ3v) is 3.24. The lowest BCUT2D eigenvalue weighted by molar-refractivity contribution is -0.140. The molecule has 0 saturated heterocycles. The van der Waals surface area contributed by atoms with E-state index in [0.717, 1.165) is 18.2 Å². The van der Waals surface area contributed by atoms with Gasteiger partial charge in [0, 0.05) is 5.75 Å². The van der Waals surface area contributed by atoms with Crippen LogP contribution >= 0.6 is 0 Å². The third-order valence-electron chi connectivity index (χ3n) is 1.86. The van der Waals surface area contributed by atoms with Crippen molar-refractivity contribution in [3.63, 3.8) is 0 Å². The molecule has 0 saturated carbocycles. The summed E-state index contributed by atoms with van der Waals surface area (Å²) in [6, 6.07) is 2.71. The van der Waals surface area contributed by atoms with E-state index in [1.807, 2.05) is 0 Å². The van der Waals surface area contributed by atoms with Crippen molar-refractivity contribution in [2.75, 3.05) is 12.9 Å². The predicted octanol–water partition coefficient (Wildman–Crippen LogP) is 1.64. The molecule has 6 heteroatoms. The van der Waals surface area contributed by atoms with Crippen molar-refractivity contribution in [3.8, 4) is 0 Å². The molecule has 0 spiro atoms. The molecule has 1 aromatic rings. The van der Waals surface area contributed by atoms with E-state index in [1.54, 1.807) is 0 Å². The van der Waals surface area contributed by atoms with Crippen molar-refractivity contribution in [2.24, 2.45) is 0 Å². The highest BCUT2D eigenvalue weighted by atomic mass is 32.2. The Morgan fingerprint density at radius 3 is 2.75 bits per heavy atom. The number of halogens is 2. The minimum Gasteiger partial charge on any atom is -0.469 e. The molecule has 88 valence electrons. The van der Waals surface area contributed by atoms with Gasteiger partial charge in [-0.2, -0.15) is 0 Å². The fourth-order valence-corrected chi connectivity index (χ4v) is 2.14. The fraction of sp³-hybridized carbons (Fsp3) is 0.300. The number of carbonyl (C=O) groups is 1. The predicted molar refractivity (Wildman–Crippen MR) is 54.3 cm³/mol. The summed E-state index contributed by atoms with van der Waals surface area (Å²) in [6.45, 7) is 0. The largest absolute Gasteiger partial charge is 0.469 e. The first-order chi connectivity index (χ1) is 7.54. The summed E-state index contributed by atoms with van der Waals surface area (Å²) >= 11 is 0. The maximum atomic E-state index is 13.2. The highest BCUT2D eigenvalue weighted by Gasteiger charge is 2.13. The molecule has 16 heavy (non-hydrogen) atoms. The molecule has 0 N–H and O–H groups in total. The number of benzene rings is 1. The molecule has 1 atom stereocenters. The fourth-order valence-electron chi connectivity index (χ4n) is 1.04. The second-order valence-electron chi connectivity index (χ2n) is 2.95. The van der Waals surface area contributed by atoms with Crippen LogP contribution < -0.4 is 0 Å². The van der Waals surface area contributed by atoms with Crippen LogP contribution in [-0.2, 0) is 20.3 Å². The van der Waals surface area contributed by atoms with Crippen molar-refractivity contribution in [3.05, 3.63) is 29.8 Å². The first kappa shape index (κ1) is 12.8. The van der Waals surface area contributed by atoms with Crippen LogP contribution in [0.3, 0.4) is 0 Å². The molecule has 1 unspecified atom stereocenters. The van der Waals surface area contributed by atoms with Gasteiger partial charge in [-0.05, 0) is 18.2 Å². The van der Waals surface area contributed by atoms with E-state index < -0.39 is 28.4 Å². The molecular formula is C10H10F2O3S. The average Bonchev–Trinajstić information content (AvgIpc) is 2.28. The lowest BCUT2D eigenvalue weighted by atomic mass is 10.3. The molecule has 1 aromatic carbocycles. The molecular weight excluding hydrogens is 238 g/mol. The Labute approximate surface area is 93.9 Å². The topological polar surface area (TPSA) is 43.4 Å². The van der Waals surface area contributed by atoms with Crippen LogP contribution in [0.5, 0.6) is 0 Å². The van der Waals surface area contributed by atoms with Gasteiger partial charge in [0.2, 0.25) is 0 Å². The minimum atomic E-state index is -1.74. The smallest absolute Gasteiger partial charge is 0.306 e. The van der Waals surface area contributed by atoms with Crippen molar-refractivity contribution in [2.45, 2.75) is 11.3 Å². The van der Waals surface area contributed by atoms with Crippen LogP contribution in [0.25, 0.3) is 0 Å². The molecule has 1 rings (SSSR count). The number of methoxy groups -OCH3 is 1. The quantitative estimate of drug-likeness (QED) is 0.761. The lowest BCUT2D eigenvalue weighted by Crippen LogP contribution is -2.08. The van der Waals surface area contributed by atoms with E-state index in [-0.39, 0.29) is 17.1 Å². The summed E-state index contributed by atoms with van der Waals surface area (Å²) in [6.07, 6.45) is -0.0982. The summed E-state index contributed by atoms with van der Waals surface area (Å²) in [7, 11) is -0.541. The molecule has 0 aliphatic rings. The summed E-state index contributed by atoms with van der Waals surface area (Å²) in [5.41, 5.74) is 0.